The Morgan fingerprint density at radius 1 is 1.18 bits per heavy atom. The lowest BCUT2D eigenvalue weighted by molar-refractivity contribution is -0.113. The van der Waals surface area contributed by atoms with Crippen molar-refractivity contribution in [3.63, 3.8) is 0 Å². The van der Waals surface area contributed by atoms with Crippen molar-refractivity contribution in [2.45, 2.75) is 32.2 Å². The second-order valence-electron chi connectivity index (χ2n) is 7.30. The van der Waals surface area contributed by atoms with Crippen molar-refractivity contribution < 1.29 is 13.9 Å². The SMILES string of the molecule is CCn1c(COc2ccc3ccccc3c2C)nnc1SCC(=O)Nc1ccc(Cl)cc1F. The zero-order chi connectivity index (χ0) is 23.4. The van der Waals surface area contributed by atoms with Crippen LogP contribution >= 0.6 is 23.4 Å². The minimum Gasteiger partial charge on any atom is -0.485 e. The van der Waals surface area contributed by atoms with Crippen LogP contribution in [0, 0.1) is 12.7 Å². The zero-order valence-corrected chi connectivity index (χ0v) is 19.7. The molecule has 9 heteroatoms. The number of ether oxygens (including phenoxy) is 1. The third-order valence-electron chi connectivity index (χ3n) is 5.15. The van der Waals surface area contributed by atoms with Crippen LogP contribution in [0.3, 0.4) is 0 Å². The molecule has 33 heavy (non-hydrogen) atoms. The first-order valence-corrected chi connectivity index (χ1v) is 11.7. The van der Waals surface area contributed by atoms with E-state index in [4.69, 9.17) is 16.3 Å². The van der Waals surface area contributed by atoms with Gasteiger partial charge in [-0.05, 0) is 54.4 Å². The van der Waals surface area contributed by atoms with Gasteiger partial charge in [-0.25, -0.2) is 4.39 Å². The van der Waals surface area contributed by atoms with Gasteiger partial charge in [-0.15, -0.1) is 10.2 Å². The van der Waals surface area contributed by atoms with Crippen molar-refractivity contribution in [1.82, 2.24) is 14.8 Å². The van der Waals surface area contributed by atoms with Crippen molar-refractivity contribution in [3.8, 4) is 5.75 Å². The highest BCUT2D eigenvalue weighted by atomic mass is 35.5. The van der Waals surface area contributed by atoms with E-state index in [9.17, 15) is 9.18 Å². The summed E-state index contributed by atoms with van der Waals surface area (Å²) in [6.07, 6.45) is 0. The molecular formula is C24H22ClFN4O2S. The molecule has 0 aliphatic rings. The van der Waals surface area contributed by atoms with Crippen molar-refractivity contribution in [2.75, 3.05) is 11.1 Å². The number of hydrogen-bond acceptors (Lipinski definition) is 5. The average molecular weight is 485 g/mol. The van der Waals surface area contributed by atoms with Gasteiger partial charge in [0.15, 0.2) is 11.0 Å². The second-order valence-corrected chi connectivity index (χ2v) is 8.68. The molecule has 3 aromatic carbocycles. The van der Waals surface area contributed by atoms with Crippen LogP contribution in [-0.4, -0.2) is 26.4 Å². The van der Waals surface area contributed by atoms with Gasteiger partial charge in [0.25, 0.3) is 0 Å². The zero-order valence-electron chi connectivity index (χ0n) is 18.1. The lowest BCUT2D eigenvalue weighted by Crippen LogP contribution is -2.15. The Morgan fingerprint density at radius 2 is 2.00 bits per heavy atom. The van der Waals surface area contributed by atoms with E-state index in [0.717, 1.165) is 28.2 Å². The van der Waals surface area contributed by atoms with E-state index >= 15 is 0 Å². The summed E-state index contributed by atoms with van der Waals surface area (Å²) in [5, 5.41) is 14.2. The number of nitrogens with zero attached hydrogens (tertiary/aromatic N) is 3. The first-order chi connectivity index (χ1) is 16.0. The van der Waals surface area contributed by atoms with Crippen LogP contribution in [0.2, 0.25) is 5.02 Å². The Labute approximate surface area is 200 Å². The van der Waals surface area contributed by atoms with Gasteiger partial charge in [0.2, 0.25) is 5.91 Å². The van der Waals surface area contributed by atoms with Gasteiger partial charge in [0.1, 0.15) is 18.2 Å². The Kier molecular flexibility index (Phi) is 7.15. The number of amides is 1. The number of aromatic nitrogens is 3. The van der Waals surface area contributed by atoms with Gasteiger partial charge in [-0.3, -0.25) is 4.79 Å². The Morgan fingerprint density at radius 3 is 2.79 bits per heavy atom. The molecule has 0 aliphatic heterocycles. The number of aryl methyl sites for hydroxylation is 1. The fourth-order valence-electron chi connectivity index (χ4n) is 3.46. The Hall–Kier alpha value is -3.10. The largest absolute Gasteiger partial charge is 0.485 e. The number of anilines is 1. The molecule has 0 radical (unpaired) electrons. The molecule has 0 saturated heterocycles. The van der Waals surface area contributed by atoms with E-state index in [2.05, 4.69) is 27.6 Å². The van der Waals surface area contributed by atoms with Crippen LogP contribution < -0.4 is 10.1 Å². The maximum absolute atomic E-state index is 13.9. The van der Waals surface area contributed by atoms with Gasteiger partial charge in [-0.2, -0.15) is 0 Å². The van der Waals surface area contributed by atoms with Crippen molar-refractivity contribution in [1.29, 1.82) is 0 Å². The summed E-state index contributed by atoms with van der Waals surface area (Å²) in [4.78, 5) is 12.3. The molecule has 0 aliphatic carbocycles. The molecule has 0 atom stereocenters. The van der Waals surface area contributed by atoms with Gasteiger partial charge < -0.3 is 14.6 Å². The van der Waals surface area contributed by atoms with Gasteiger partial charge >= 0.3 is 0 Å². The number of thioether (sulfide) groups is 1. The molecule has 1 N–H and O–H groups in total. The van der Waals surface area contributed by atoms with Gasteiger partial charge in [0.05, 0.1) is 11.4 Å². The number of hydrogen-bond donors (Lipinski definition) is 1. The molecule has 1 aromatic heterocycles. The summed E-state index contributed by atoms with van der Waals surface area (Å²) in [6.45, 7) is 4.88. The Bertz CT molecular complexity index is 1310. The lowest BCUT2D eigenvalue weighted by atomic mass is 10.0. The molecule has 0 spiro atoms. The molecule has 1 heterocycles. The fourth-order valence-corrected chi connectivity index (χ4v) is 4.44. The number of halogens is 2. The first-order valence-electron chi connectivity index (χ1n) is 10.4. The summed E-state index contributed by atoms with van der Waals surface area (Å²) >= 11 is 6.97. The molecule has 6 nitrogen and oxygen atoms in total. The maximum atomic E-state index is 13.9. The van der Waals surface area contributed by atoms with Crippen molar-refractivity contribution in [3.05, 3.63) is 76.8 Å². The van der Waals surface area contributed by atoms with Crippen LogP contribution in [0.1, 0.15) is 18.3 Å². The second kappa shape index (κ2) is 10.2. The molecule has 0 bridgehead atoms. The normalized spacial score (nSPS) is 11.0. The van der Waals surface area contributed by atoms with E-state index < -0.39 is 5.82 Å². The van der Waals surface area contributed by atoms with E-state index in [-0.39, 0.29) is 29.0 Å². The highest BCUT2D eigenvalue weighted by Crippen LogP contribution is 2.28. The minimum absolute atomic E-state index is 0.0604. The summed E-state index contributed by atoms with van der Waals surface area (Å²) < 4.78 is 21.8. The third kappa shape index (κ3) is 5.29. The molecule has 0 unspecified atom stereocenters. The van der Waals surface area contributed by atoms with Crippen molar-refractivity contribution in [2.24, 2.45) is 0 Å². The predicted octanol–water partition coefficient (Wildman–Crippen LogP) is 5.86. The number of benzene rings is 3. The number of nitrogens with one attached hydrogen (secondary N) is 1. The highest BCUT2D eigenvalue weighted by Gasteiger charge is 2.15. The van der Waals surface area contributed by atoms with E-state index in [0.29, 0.717) is 17.5 Å². The summed E-state index contributed by atoms with van der Waals surface area (Å²) in [7, 11) is 0. The van der Waals surface area contributed by atoms with Crippen LogP contribution in [0.25, 0.3) is 10.8 Å². The van der Waals surface area contributed by atoms with Crippen LogP contribution in [-0.2, 0) is 17.9 Å². The molecule has 1 amide bonds. The average Bonchev–Trinajstić information content (AvgIpc) is 3.21. The van der Waals surface area contributed by atoms with E-state index in [1.54, 1.807) is 0 Å². The molecular weight excluding hydrogens is 463 g/mol. The summed E-state index contributed by atoms with van der Waals surface area (Å²) in [5.41, 5.74) is 1.15. The first kappa shape index (κ1) is 23.1. The molecule has 4 aromatic rings. The number of carbonyl (C=O) groups excluding carboxylic acids is 1. The lowest BCUT2D eigenvalue weighted by Gasteiger charge is -2.12. The fraction of sp³-hybridized carbons (Fsp3) is 0.208. The van der Waals surface area contributed by atoms with Crippen molar-refractivity contribution >= 4 is 45.7 Å². The van der Waals surface area contributed by atoms with Gasteiger partial charge in [-0.1, -0.05) is 53.7 Å². The third-order valence-corrected chi connectivity index (χ3v) is 6.35. The number of fused-ring (bicyclic) bond motifs is 1. The standard InChI is InChI=1S/C24H22ClFN4O2S/c1-3-30-22(13-32-21-11-8-16-6-4-5-7-18(16)15(21)2)28-29-24(30)33-14-23(31)27-20-10-9-17(25)12-19(20)26/h4-12H,3,13-14H2,1-2H3,(H,27,31). The summed E-state index contributed by atoms with van der Waals surface area (Å²) in [6, 6.07) is 16.3. The molecule has 170 valence electrons. The predicted molar refractivity (Wildman–Crippen MR) is 129 cm³/mol. The molecule has 0 fully saturated rings. The van der Waals surface area contributed by atoms with Crippen LogP contribution in [0.4, 0.5) is 10.1 Å². The molecule has 0 saturated carbocycles. The highest BCUT2D eigenvalue weighted by molar-refractivity contribution is 7.99. The minimum atomic E-state index is -0.582. The van der Waals surface area contributed by atoms with Gasteiger partial charge in [0, 0.05) is 11.6 Å². The van der Waals surface area contributed by atoms with Crippen LogP contribution in [0.5, 0.6) is 5.75 Å². The topological polar surface area (TPSA) is 69.0 Å². The van der Waals surface area contributed by atoms with E-state index in [1.807, 2.05) is 42.7 Å². The molecule has 4 rings (SSSR count). The maximum Gasteiger partial charge on any atom is 0.234 e. The monoisotopic (exact) mass is 484 g/mol. The Balaban J connectivity index is 1.40. The number of rotatable bonds is 8. The summed E-state index contributed by atoms with van der Waals surface area (Å²) in [5.74, 6) is 0.581. The number of carbonyl (C=O) groups is 1. The van der Waals surface area contributed by atoms with E-state index in [1.165, 1.54) is 23.9 Å². The van der Waals surface area contributed by atoms with Crippen LogP contribution in [0.15, 0.2) is 59.8 Å². The quantitative estimate of drug-likeness (QED) is 0.317. The smallest absolute Gasteiger partial charge is 0.234 e.